The van der Waals surface area contributed by atoms with E-state index >= 15 is 0 Å². The molecule has 0 saturated carbocycles. The zero-order chi connectivity index (χ0) is 15.6. The predicted octanol–water partition coefficient (Wildman–Crippen LogP) is 2.17. The van der Waals surface area contributed by atoms with Crippen LogP contribution in [0.3, 0.4) is 0 Å². The predicted molar refractivity (Wildman–Crippen MR) is 79.7 cm³/mol. The summed E-state index contributed by atoms with van der Waals surface area (Å²) in [6.07, 6.45) is 2.79. The van der Waals surface area contributed by atoms with Gasteiger partial charge in [-0.25, -0.2) is 4.79 Å². The molecule has 2 amide bonds. The number of aliphatic hydroxyl groups is 1. The highest BCUT2D eigenvalue weighted by molar-refractivity contribution is 5.88. The molecule has 20 heavy (non-hydrogen) atoms. The third-order valence-corrected chi connectivity index (χ3v) is 2.98. The van der Waals surface area contributed by atoms with Gasteiger partial charge in [-0.2, -0.15) is 5.10 Å². The average molecular weight is 282 g/mol. The molecule has 1 heterocycles. The molecular formula is C14H26N4O2. The molecule has 114 valence electrons. The number of hydrogen-bond acceptors (Lipinski definition) is 3. The number of rotatable bonds is 3. The second kappa shape index (κ2) is 5.83. The van der Waals surface area contributed by atoms with Crippen LogP contribution in [0.15, 0.2) is 12.4 Å². The van der Waals surface area contributed by atoms with Crippen LogP contribution in [-0.2, 0) is 5.54 Å². The molecule has 0 spiro atoms. The molecule has 1 rings (SSSR count). The second-order valence-corrected chi connectivity index (χ2v) is 7.06. The molecule has 1 atom stereocenters. The molecule has 6 heteroatoms. The van der Waals surface area contributed by atoms with Crippen molar-refractivity contribution in [3.63, 3.8) is 0 Å². The Morgan fingerprint density at radius 2 is 1.95 bits per heavy atom. The number of anilines is 1. The number of amides is 2. The largest absolute Gasteiger partial charge is 0.391 e. The lowest BCUT2D eigenvalue weighted by molar-refractivity contribution is 0.0654. The summed E-state index contributed by atoms with van der Waals surface area (Å²) in [6.45, 7) is 12.1. The summed E-state index contributed by atoms with van der Waals surface area (Å²) in [5.74, 6) is 0. The van der Waals surface area contributed by atoms with Crippen LogP contribution >= 0.6 is 0 Å². The van der Waals surface area contributed by atoms with Crippen LogP contribution in [0.5, 0.6) is 0 Å². The highest BCUT2D eigenvalue weighted by atomic mass is 16.3. The Kier molecular flexibility index (Phi) is 4.81. The lowest BCUT2D eigenvalue weighted by atomic mass is 9.89. The van der Waals surface area contributed by atoms with E-state index in [1.165, 1.54) is 0 Å². The van der Waals surface area contributed by atoms with Gasteiger partial charge in [0.05, 0.1) is 23.5 Å². The van der Waals surface area contributed by atoms with Crippen molar-refractivity contribution in [2.75, 3.05) is 11.9 Å². The number of aliphatic hydroxyl groups excluding tert-OH is 1. The average Bonchev–Trinajstić information content (AvgIpc) is 2.72. The van der Waals surface area contributed by atoms with Gasteiger partial charge in [0.25, 0.3) is 0 Å². The number of urea groups is 1. The maximum absolute atomic E-state index is 11.7. The highest BCUT2D eigenvalue weighted by Crippen LogP contribution is 2.18. The van der Waals surface area contributed by atoms with Crippen LogP contribution in [0.25, 0.3) is 0 Å². The molecule has 0 saturated heterocycles. The molecule has 0 aromatic carbocycles. The van der Waals surface area contributed by atoms with Crippen molar-refractivity contribution < 1.29 is 9.90 Å². The summed E-state index contributed by atoms with van der Waals surface area (Å²) in [5, 5.41) is 19.4. The first kappa shape index (κ1) is 16.5. The minimum atomic E-state index is -0.592. The van der Waals surface area contributed by atoms with E-state index < -0.39 is 6.10 Å². The van der Waals surface area contributed by atoms with Gasteiger partial charge in [0.2, 0.25) is 0 Å². The van der Waals surface area contributed by atoms with Crippen molar-refractivity contribution in [3.8, 4) is 0 Å². The molecule has 1 aromatic heterocycles. The summed E-state index contributed by atoms with van der Waals surface area (Å²) in [5.41, 5.74) is 0.242. The van der Waals surface area contributed by atoms with E-state index in [4.69, 9.17) is 0 Å². The summed E-state index contributed by atoms with van der Waals surface area (Å²) in [7, 11) is 0. The lowest BCUT2D eigenvalue weighted by Gasteiger charge is -2.25. The fourth-order valence-electron chi connectivity index (χ4n) is 1.43. The van der Waals surface area contributed by atoms with Crippen molar-refractivity contribution >= 4 is 11.7 Å². The van der Waals surface area contributed by atoms with Crippen LogP contribution in [-0.4, -0.2) is 33.6 Å². The van der Waals surface area contributed by atoms with Gasteiger partial charge in [-0.15, -0.1) is 0 Å². The summed E-state index contributed by atoms with van der Waals surface area (Å²) in [6, 6.07) is -0.346. The van der Waals surface area contributed by atoms with Crippen molar-refractivity contribution in [3.05, 3.63) is 12.4 Å². The van der Waals surface area contributed by atoms with Gasteiger partial charge >= 0.3 is 6.03 Å². The van der Waals surface area contributed by atoms with E-state index in [2.05, 4.69) is 15.7 Å². The van der Waals surface area contributed by atoms with Crippen LogP contribution in [0.1, 0.15) is 41.5 Å². The van der Waals surface area contributed by atoms with E-state index in [-0.39, 0.29) is 23.5 Å². The smallest absolute Gasteiger partial charge is 0.319 e. The first-order valence-electron chi connectivity index (χ1n) is 6.78. The summed E-state index contributed by atoms with van der Waals surface area (Å²) >= 11 is 0. The first-order chi connectivity index (χ1) is 9.00. The van der Waals surface area contributed by atoms with Gasteiger partial charge in [-0.3, -0.25) is 4.68 Å². The Morgan fingerprint density at radius 3 is 2.40 bits per heavy atom. The highest BCUT2D eigenvalue weighted by Gasteiger charge is 2.22. The minimum Gasteiger partial charge on any atom is -0.391 e. The van der Waals surface area contributed by atoms with Gasteiger partial charge < -0.3 is 15.7 Å². The number of aromatic nitrogens is 2. The molecule has 0 fully saturated rings. The Hall–Kier alpha value is -1.56. The Morgan fingerprint density at radius 1 is 1.35 bits per heavy atom. The van der Waals surface area contributed by atoms with E-state index in [1.54, 1.807) is 17.1 Å². The minimum absolute atomic E-state index is 0.126. The fraction of sp³-hybridized carbons (Fsp3) is 0.714. The third kappa shape index (κ3) is 4.85. The molecule has 3 N–H and O–H groups in total. The maximum Gasteiger partial charge on any atom is 0.319 e. The second-order valence-electron chi connectivity index (χ2n) is 7.06. The zero-order valence-corrected chi connectivity index (χ0v) is 13.2. The Bertz CT molecular complexity index is 454. The van der Waals surface area contributed by atoms with Crippen molar-refractivity contribution in [2.24, 2.45) is 5.41 Å². The maximum atomic E-state index is 11.7. The van der Waals surface area contributed by atoms with E-state index in [1.807, 2.05) is 41.5 Å². The molecule has 0 bridgehead atoms. The molecule has 6 nitrogen and oxygen atoms in total. The van der Waals surface area contributed by atoms with Crippen LogP contribution < -0.4 is 10.6 Å². The van der Waals surface area contributed by atoms with Gasteiger partial charge in [-0.1, -0.05) is 20.8 Å². The molecule has 1 aromatic rings. The number of nitrogens with one attached hydrogen (secondary N) is 2. The molecule has 0 aliphatic heterocycles. The molecule has 1 unspecified atom stereocenters. The van der Waals surface area contributed by atoms with Crippen LogP contribution in [0.2, 0.25) is 0 Å². The van der Waals surface area contributed by atoms with E-state index in [0.717, 1.165) is 0 Å². The third-order valence-electron chi connectivity index (χ3n) is 2.98. The van der Waals surface area contributed by atoms with Crippen molar-refractivity contribution in [2.45, 2.75) is 53.2 Å². The lowest BCUT2D eigenvalue weighted by Crippen LogP contribution is -2.40. The van der Waals surface area contributed by atoms with E-state index in [0.29, 0.717) is 5.69 Å². The topological polar surface area (TPSA) is 79.2 Å². The molecule has 0 radical (unpaired) electrons. The Balaban J connectivity index is 2.49. The number of nitrogens with zero attached hydrogens (tertiary/aromatic N) is 2. The van der Waals surface area contributed by atoms with Crippen molar-refractivity contribution in [1.29, 1.82) is 0 Å². The number of hydrogen-bond donors (Lipinski definition) is 3. The van der Waals surface area contributed by atoms with Crippen LogP contribution in [0.4, 0.5) is 10.5 Å². The summed E-state index contributed by atoms with van der Waals surface area (Å²) in [4.78, 5) is 11.7. The van der Waals surface area contributed by atoms with Gasteiger partial charge in [0.15, 0.2) is 0 Å². The number of carbonyl (C=O) groups is 1. The summed E-state index contributed by atoms with van der Waals surface area (Å²) < 4.78 is 1.78. The van der Waals surface area contributed by atoms with Crippen molar-refractivity contribution in [1.82, 2.24) is 15.1 Å². The van der Waals surface area contributed by atoms with Gasteiger partial charge in [0.1, 0.15) is 0 Å². The SMILES string of the molecule is CC(C)(C)C(O)CNC(=O)Nc1cnn(C(C)(C)C)c1. The van der Waals surface area contributed by atoms with E-state index in [9.17, 15) is 9.90 Å². The number of carbonyl (C=O) groups excluding carboxylic acids is 1. The quantitative estimate of drug-likeness (QED) is 0.795. The standard InChI is InChI=1S/C14H26N4O2/c1-13(2,3)11(19)8-15-12(20)17-10-7-16-18(9-10)14(4,5)6/h7,9,11,19H,8H2,1-6H3,(H2,15,17,20). The van der Waals surface area contributed by atoms with Gasteiger partial charge in [-0.05, 0) is 26.2 Å². The fourth-order valence-corrected chi connectivity index (χ4v) is 1.43. The zero-order valence-electron chi connectivity index (χ0n) is 13.2. The Labute approximate surface area is 120 Å². The molecule has 0 aliphatic carbocycles. The molecular weight excluding hydrogens is 256 g/mol. The monoisotopic (exact) mass is 282 g/mol. The first-order valence-corrected chi connectivity index (χ1v) is 6.78. The normalized spacial score (nSPS) is 13.9. The van der Waals surface area contributed by atoms with Gasteiger partial charge in [0, 0.05) is 12.7 Å². The van der Waals surface area contributed by atoms with Crippen LogP contribution in [0, 0.1) is 5.41 Å². The molecule has 0 aliphatic rings.